The van der Waals surface area contributed by atoms with E-state index in [4.69, 9.17) is 5.11 Å². The van der Waals surface area contributed by atoms with Crippen molar-refractivity contribution < 1.29 is 9.90 Å². The van der Waals surface area contributed by atoms with Crippen LogP contribution in [0.5, 0.6) is 0 Å². The van der Waals surface area contributed by atoms with Gasteiger partial charge in [-0.1, -0.05) is 0 Å². The quantitative estimate of drug-likeness (QED) is 0.880. The van der Waals surface area contributed by atoms with Crippen molar-refractivity contribution in [2.24, 2.45) is 0 Å². The number of carboxylic acids is 1. The maximum Gasteiger partial charge on any atom is 0.304 e. The average Bonchev–Trinajstić information content (AvgIpc) is 2.34. The molecule has 1 aliphatic heterocycles. The van der Waals surface area contributed by atoms with Crippen LogP contribution in [0.1, 0.15) is 18.9 Å². The second-order valence-corrected chi connectivity index (χ2v) is 5.35. The molecule has 0 aromatic carbocycles. The van der Waals surface area contributed by atoms with Gasteiger partial charge in [-0.05, 0) is 31.7 Å². The summed E-state index contributed by atoms with van der Waals surface area (Å²) in [4.78, 5) is 19.5. The van der Waals surface area contributed by atoms with E-state index in [9.17, 15) is 4.79 Å². The number of piperazine rings is 1. The highest BCUT2D eigenvalue weighted by atomic mass is 16.4. The first-order valence-corrected chi connectivity index (χ1v) is 6.61. The molecule has 2 atom stereocenters. The van der Waals surface area contributed by atoms with Gasteiger partial charge >= 0.3 is 5.97 Å². The number of hydrogen-bond acceptors (Lipinski definition) is 4. The maximum absolute atomic E-state index is 11.0. The van der Waals surface area contributed by atoms with Gasteiger partial charge in [-0.3, -0.25) is 14.7 Å². The molecule has 1 N–H and O–H groups in total. The number of likely N-dealkylation sites (N-methyl/N-ethyl adjacent to an activating group) is 1. The molecule has 2 heterocycles. The summed E-state index contributed by atoms with van der Waals surface area (Å²) in [7, 11) is 2.05. The Morgan fingerprint density at radius 1 is 1.42 bits per heavy atom. The van der Waals surface area contributed by atoms with Crippen LogP contribution in [0.15, 0.2) is 24.5 Å². The second kappa shape index (κ2) is 6.12. The fourth-order valence-electron chi connectivity index (χ4n) is 2.82. The van der Waals surface area contributed by atoms with E-state index in [0.29, 0.717) is 6.04 Å². The lowest BCUT2D eigenvalue weighted by atomic mass is 10.0. The normalized spacial score (nSPS) is 25.4. The molecule has 5 nitrogen and oxygen atoms in total. The van der Waals surface area contributed by atoms with Gasteiger partial charge in [-0.15, -0.1) is 0 Å². The van der Waals surface area contributed by atoms with Crippen molar-refractivity contribution in [2.75, 3.05) is 20.1 Å². The van der Waals surface area contributed by atoms with Crippen molar-refractivity contribution in [3.8, 4) is 0 Å². The summed E-state index contributed by atoms with van der Waals surface area (Å²) in [5.74, 6) is -0.729. The lowest BCUT2D eigenvalue weighted by Crippen LogP contribution is -2.56. The minimum absolute atomic E-state index is 0.0689. The van der Waals surface area contributed by atoms with Gasteiger partial charge in [0.05, 0.1) is 6.42 Å². The summed E-state index contributed by atoms with van der Waals surface area (Å²) in [6, 6.07) is 4.40. The van der Waals surface area contributed by atoms with Crippen molar-refractivity contribution in [3.05, 3.63) is 30.1 Å². The van der Waals surface area contributed by atoms with Crippen LogP contribution in [0.25, 0.3) is 0 Å². The highest BCUT2D eigenvalue weighted by molar-refractivity contribution is 5.67. The van der Waals surface area contributed by atoms with E-state index in [1.807, 2.05) is 12.1 Å². The van der Waals surface area contributed by atoms with Crippen molar-refractivity contribution >= 4 is 5.97 Å². The zero-order valence-corrected chi connectivity index (χ0v) is 11.5. The number of carboxylic acid groups (broad SMARTS) is 1. The number of rotatable bonds is 4. The van der Waals surface area contributed by atoms with E-state index < -0.39 is 5.97 Å². The molecular weight excluding hydrogens is 242 g/mol. The zero-order valence-electron chi connectivity index (χ0n) is 11.5. The van der Waals surface area contributed by atoms with Crippen LogP contribution in [0.3, 0.4) is 0 Å². The molecule has 0 radical (unpaired) electrons. The molecule has 2 rings (SSSR count). The minimum atomic E-state index is -0.729. The molecule has 0 bridgehead atoms. The Bertz CT molecular complexity index is 424. The zero-order chi connectivity index (χ0) is 13.8. The average molecular weight is 263 g/mol. The van der Waals surface area contributed by atoms with E-state index in [1.165, 1.54) is 5.56 Å². The van der Waals surface area contributed by atoms with Crippen LogP contribution in [0.2, 0.25) is 0 Å². The molecule has 0 amide bonds. The topological polar surface area (TPSA) is 56.7 Å². The van der Waals surface area contributed by atoms with Crippen molar-refractivity contribution in [1.82, 2.24) is 14.8 Å². The van der Waals surface area contributed by atoms with Gasteiger partial charge in [0.15, 0.2) is 0 Å². The first kappa shape index (κ1) is 14.0. The molecule has 1 aliphatic rings. The SMILES string of the molecule is CC1CN(C)CC(CC(=O)O)N1Cc1ccncc1. The largest absolute Gasteiger partial charge is 0.481 e. The van der Waals surface area contributed by atoms with Gasteiger partial charge in [0.25, 0.3) is 0 Å². The second-order valence-electron chi connectivity index (χ2n) is 5.35. The third-order valence-corrected chi connectivity index (χ3v) is 3.66. The van der Waals surface area contributed by atoms with E-state index in [1.54, 1.807) is 12.4 Å². The molecule has 19 heavy (non-hydrogen) atoms. The lowest BCUT2D eigenvalue weighted by molar-refractivity contribution is -0.139. The lowest BCUT2D eigenvalue weighted by Gasteiger charge is -2.44. The Balaban J connectivity index is 2.11. The van der Waals surface area contributed by atoms with Crippen LogP contribution >= 0.6 is 0 Å². The Kier molecular flexibility index (Phi) is 4.50. The Labute approximate surface area is 113 Å². The Morgan fingerprint density at radius 3 is 2.74 bits per heavy atom. The predicted octanol–water partition coefficient (Wildman–Crippen LogP) is 1.06. The summed E-state index contributed by atoms with van der Waals surface area (Å²) in [6.45, 7) is 4.73. The molecule has 1 fully saturated rings. The van der Waals surface area contributed by atoms with Crippen molar-refractivity contribution in [2.45, 2.75) is 32.0 Å². The molecule has 5 heteroatoms. The van der Waals surface area contributed by atoms with E-state index in [0.717, 1.165) is 19.6 Å². The summed E-state index contributed by atoms with van der Waals surface area (Å²) >= 11 is 0. The van der Waals surface area contributed by atoms with Gasteiger partial charge in [-0.2, -0.15) is 0 Å². The number of pyridine rings is 1. The molecule has 1 aromatic rings. The number of nitrogens with zero attached hydrogens (tertiary/aromatic N) is 3. The molecular formula is C14H21N3O2. The molecule has 0 spiro atoms. The Morgan fingerprint density at radius 2 is 2.11 bits per heavy atom. The summed E-state index contributed by atoms with van der Waals surface area (Å²) in [6.07, 6.45) is 3.75. The van der Waals surface area contributed by atoms with Crippen LogP contribution < -0.4 is 0 Å². The van der Waals surface area contributed by atoms with Crippen LogP contribution in [0, 0.1) is 0 Å². The molecule has 104 valence electrons. The van der Waals surface area contributed by atoms with E-state index >= 15 is 0 Å². The summed E-state index contributed by atoms with van der Waals surface area (Å²) in [5, 5.41) is 9.07. The summed E-state index contributed by atoms with van der Waals surface area (Å²) < 4.78 is 0. The standard InChI is InChI=1S/C14H21N3O2/c1-11-8-16(2)10-13(7-14(18)19)17(11)9-12-3-5-15-6-4-12/h3-6,11,13H,7-10H2,1-2H3,(H,18,19). The van der Waals surface area contributed by atoms with Crippen LogP contribution in [-0.4, -0.2) is 58.1 Å². The maximum atomic E-state index is 11.0. The third-order valence-electron chi connectivity index (χ3n) is 3.66. The fraction of sp³-hybridized carbons (Fsp3) is 0.571. The number of carbonyl (C=O) groups is 1. The van der Waals surface area contributed by atoms with Gasteiger partial charge in [0, 0.05) is 44.1 Å². The van der Waals surface area contributed by atoms with E-state index in [-0.39, 0.29) is 12.5 Å². The minimum Gasteiger partial charge on any atom is -0.481 e. The molecule has 0 aliphatic carbocycles. The third kappa shape index (κ3) is 3.75. The first-order chi connectivity index (χ1) is 9.06. The van der Waals surface area contributed by atoms with Crippen LogP contribution in [-0.2, 0) is 11.3 Å². The highest BCUT2D eigenvalue weighted by Crippen LogP contribution is 2.20. The van der Waals surface area contributed by atoms with Crippen molar-refractivity contribution in [1.29, 1.82) is 0 Å². The van der Waals surface area contributed by atoms with Crippen molar-refractivity contribution in [3.63, 3.8) is 0 Å². The molecule has 1 saturated heterocycles. The smallest absolute Gasteiger partial charge is 0.304 e. The Hall–Kier alpha value is -1.46. The first-order valence-electron chi connectivity index (χ1n) is 6.61. The van der Waals surface area contributed by atoms with Gasteiger partial charge < -0.3 is 10.0 Å². The number of hydrogen-bond donors (Lipinski definition) is 1. The molecule has 0 saturated carbocycles. The molecule has 2 unspecified atom stereocenters. The summed E-state index contributed by atoms with van der Waals surface area (Å²) in [5.41, 5.74) is 1.18. The van der Waals surface area contributed by atoms with Gasteiger partial charge in [0.1, 0.15) is 0 Å². The number of aromatic nitrogens is 1. The number of aliphatic carboxylic acids is 1. The van der Waals surface area contributed by atoms with E-state index in [2.05, 4.69) is 28.8 Å². The molecule has 1 aromatic heterocycles. The van der Waals surface area contributed by atoms with Crippen LogP contribution in [0.4, 0.5) is 0 Å². The fourth-order valence-corrected chi connectivity index (χ4v) is 2.82. The highest BCUT2D eigenvalue weighted by Gasteiger charge is 2.31. The monoisotopic (exact) mass is 263 g/mol. The predicted molar refractivity (Wildman–Crippen MR) is 72.8 cm³/mol. The van der Waals surface area contributed by atoms with Gasteiger partial charge in [-0.25, -0.2) is 0 Å². The van der Waals surface area contributed by atoms with Gasteiger partial charge in [0.2, 0.25) is 0 Å².